The number of nitrogens with zero attached hydrogens (tertiary/aromatic N) is 2. The molecule has 1 aliphatic carbocycles. The molecule has 0 spiro atoms. The van der Waals surface area contributed by atoms with Crippen molar-refractivity contribution < 1.29 is 35.9 Å². The minimum absolute atomic E-state index is 0.0222. The summed E-state index contributed by atoms with van der Waals surface area (Å²) in [7, 11) is -3.26. The molecular formula is C22H23F3N2O5S. The minimum atomic E-state index is -4.84. The van der Waals surface area contributed by atoms with Gasteiger partial charge in [-0.3, -0.25) is 9.78 Å². The molecule has 2 aliphatic rings. The Morgan fingerprint density at radius 2 is 1.79 bits per heavy atom. The molecular weight excluding hydrogens is 461 g/mol. The molecule has 178 valence electrons. The highest BCUT2D eigenvalue weighted by Gasteiger charge is 2.40. The fraction of sp³-hybridized carbons (Fsp3) is 0.500. The second-order valence-electron chi connectivity index (χ2n) is 8.43. The maximum atomic E-state index is 13.8. The molecule has 1 aliphatic heterocycles. The van der Waals surface area contributed by atoms with E-state index >= 15 is 0 Å². The van der Waals surface area contributed by atoms with Gasteiger partial charge in [0.05, 0.1) is 28.1 Å². The molecule has 2 aromatic rings. The number of para-hydroxylation sites is 1. The fourth-order valence-electron chi connectivity index (χ4n) is 4.76. The summed E-state index contributed by atoms with van der Waals surface area (Å²) >= 11 is 0. The summed E-state index contributed by atoms with van der Waals surface area (Å²) in [6, 6.07) is 4.88. The predicted octanol–water partition coefficient (Wildman–Crippen LogP) is 3.37. The van der Waals surface area contributed by atoms with Crippen molar-refractivity contribution in [2.24, 2.45) is 0 Å². The maximum Gasteiger partial charge on any atom is 0.417 e. The van der Waals surface area contributed by atoms with Gasteiger partial charge in [0.15, 0.2) is 16.4 Å². The van der Waals surface area contributed by atoms with Gasteiger partial charge in [-0.05, 0) is 25.3 Å². The van der Waals surface area contributed by atoms with E-state index < -0.39 is 51.7 Å². The minimum Gasteiger partial charge on any atom is -0.452 e. The van der Waals surface area contributed by atoms with Gasteiger partial charge in [-0.1, -0.05) is 31.0 Å². The van der Waals surface area contributed by atoms with Gasteiger partial charge in [0.2, 0.25) is 0 Å². The van der Waals surface area contributed by atoms with Gasteiger partial charge in [-0.2, -0.15) is 13.2 Å². The molecule has 1 atom stereocenters. The standard InChI is InChI=1S/C22H23F3N2O5S/c23-22(24,25)20-16-7-3-4-8-18(16)26-11-17(20)21(29)32-12-19(28)27(14-5-1-2-6-14)15-9-10-33(30,31)13-15/h3-4,7-8,11,14-15H,1-2,5-6,9-10,12-13H2. The van der Waals surface area contributed by atoms with Crippen molar-refractivity contribution in [1.82, 2.24) is 9.88 Å². The lowest BCUT2D eigenvalue weighted by atomic mass is 10.0. The van der Waals surface area contributed by atoms with E-state index in [0.29, 0.717) is 19.3 Å². The lowest BCUT2D eigenvalue weighted by Gasteiger charge is -2.33. The molecule has 0 N–H and O–H groups in total. The van der Waals surface area contributed by atoms with Gasteiger partial charge < -0.3 is 9.64 Å². The number of halogens is 3. The van der Waals surface area contributed by atoms with Gasteiger partial charge in [-0.25, -0.2) is 13.2 Å². The van der Waals surface area contributed by atoms with Crippen LogP contribution >= 0.6 is 0 Å². The van der Waals surface area contributed by atoms with Crippen LogP contribution in [0.5, 0.6) is 0 Å². The number of carbonyl (C=O) groups excluding carboxylic acids is 2. The summed E-state index contributed by atoms with van der Waals surface area (Å²) in [5.41, 5.74) is -1.86. The Morgan fingerprint density at radius 1 is 1.09 bits per heavy atom. The molecule has 33 heavy (non-hydrogen) atoms. The highest BCUT2D eigenvalue weighted by Crippen LogP contribution is 2.37. The quantitative estimate of drug-likeness (QED) is 0.604. The molecule has 1 saturated carbocycles. The second-order valence-corrected chi connectivity index (χ2v) is 10.7. The third kappa shape index (κ3) is 4.97. The Kier molecular flexibility index (Phi) is 6.35. The molecule has 0 bridgehead atoms. The Morgan fingerprint density at radius 3 is 2.42 bits per heavy atom. The molecule has 1 saturated heterocycles. The van der Waals surface area contributed by atoms with Crippen LogP contribution in [0.4, 0.5) is 13.2 Å². The predicted molar refractivity (Wildman–Crippen MR) is 113 cm³/mol. The van der Waals surface area contributed by atoms with Crippen LogP contribution in [0, 0.1) is 0 Å². The van der Waals surface area contributed by atoms with Crippen molar-refractivity contribution in [1.29, 1.82) is 0 Å². The van der Waals surface area contributed by atoms with Crippen molar-refractivity contribution in [2.75, 3.05) is 18.1 Å². The largest absolute Gasteiger partial charge is 0.452 e. The zero-order valence-electron chi connectivity index (χ0n) is 17.7. The van der Waals surface area contributed by atoms with Crippen molar-refractivity contribution in [3.63, 3.8) is 0 Å². The van der Waals surface area contributed by atoms with Crippen molar-refractivity contribution in [3.8, 4) is 0 Å². The van der Waals surface area contributed by atoms with E-state index in [1.165, 1.54) is 29.2 Å². The fourth-order valence-corrected chi connectivity index (χ4v) is 6.48. The number of pyridine rings is 1. The number of alkyl halides is 3. The average Bonchev–Trinajstić information content (AvgIpc) is 3.40. The van der Waals surface area contributed by atoms with E-state index in [-0.39, 0.29) is 28.5 Å². The zero-order chi connectivity index (χ0) is 23.8. The van der Waals surface area contributed by atoms with Gasteiger partial charge in [0.1, 0.15) is 0 Å². The molecule has 11 heteroatoms. The van der Waals surface area contributed by atoms with Crippen LogP contribution in [0.3, 0.4) is 0 Å². The van der Waals surface area contributed by atoms with E-state index in [9.17, 15) is 31.2 Å². The van der Waals surface area contributed by atoms with Crippen molar-refractivity contribution >= 4 is 32.6 Å². The lowest BCUT2D eigenvalue weighted by Crippen LogP contribution is -2.48. The molecule has 1 unspecified atom stereocenters. The first-order chi connectivity index (χ1) is 15.6. The van der Waals surface area contributed by atoms with Crippen LogP contribution in [-0.2, 0) is 25.5 Å². The number of aromatic nitrogens is 1. The number of amides is 1. The van der Waals surface area contributed by atoms with E-state index in [2.05, 4.69) is 4.98 Å². The Bertz CT molecular complexity index is 1180. The van der Waals surface area contributed by atoms with Crippen LogP contribution in [-0.4, -0.2) is 60.4 Å². The molecule has 7 nitrogen and oxygen atoms in total. The SMILES string of the molecule is O=C(OCC(=O)N(C1CCCC1)C1CCS(=O)(=O)C1)c1cnc2ccccc2c1C(F)(F)F. The summed E-state index contributed by atoms with van der Waals surface area (Å²) < 4.78 is 70.2. The van der Waals surface area contributed by atoms with E-state index in [0.717, 1.165) is 19.0 Å². The normalized spacial score (nSPS) is 20.8. The average molecular weight is 484 g/mol. The van der Waals surface area contributed by atoms with E-state index in [4.69, 9.17) is 4.74 Å². The first kappa shape index (κ1) is 23.5. The number of hydrogen-bond acceptors (Lipinski definition) is 6. The van der Waals surface area contributed by atoms with Crippen LogP contribution in [0.1, 0.15) is 48.0 Å². The van der Waals surface area contributed by atoms with Gasteiger partial charge >= 0.3 is 12.1 Å². The number of rotatable bonds is 5. The van der Waals surface area contributed by atoms with Gasteiger partial charge in [-0.15, -0.1) is 0 Å². The molecule has 1 aromatic heterocycles. The van der Waals surface area contributed by atoms with Crippen molar-refractivity contribution in [3.05, 3.63) is 41.6 Å². The van der Waals surface area contributed by atoms with E-state index in [1.54, 1.807) is 0 Å². The van der Waals surface area contributed by atoms with Crippen molar-refractivity contribution in [2.45, 2.75) is 50.4 Å². The third-order valence-electron chi connectivity index (χ3n) is 6.21. The molecule has 1 amide bonds. The number of benzene rings is 1. The number of esters is 1. The molecule has 1 aromatic carbocycles. The smallest absolute Gasteiger partial charge is 0.417 e. The Labute approximate surface area is 188 Å². The summed E-state index contributed by atoms with van der Waals surface area (Å²) in [6.07, 6.45) is -0.528. The lowest BCUT2D eigenvalue weighted by molar-refractivity contribution is -0.139. The summed E-state index contributed by atoms with van der Waals surface area (Å²) in [4.78, 5) is 31.0. The topological polar surface area (TPSA) is 93.6 Å². The zero-order valence-corrected chi connectivity index (χ0v) is 18.5. The number of sulfone groups is 1. The number of carbonyl (C=O) groups is 2. The Hall–Kier alpha value is -2.69. The molecule has 4 rings (SSSR count). The van der Waals surface area contributed by atoms with Gasteiger partial charge in [0, 0.05) is 23.7 Å². The van der Waals surface area contributed by atoms with Crippen LogP contribution in [0.15, 0.2) is 30.5 Å². The molecule has 2 fully saturated rings. The molecule has 2 heterocycles. The van der Waals surface area contributed by atoms with Gasteiger partial charge in [0.25, 0.3) is 5.91 Å². The number of hydrogen-bond donors (Lipinski definition) is 0. The van der Waals surface area contributed by atoms with Crippen LogP contribution in [0.25, 0.3) is 10.9 Å². The number of ether oxygens (including phenoxy) is 1. The second kappa shape index (κ2) is 8.92. The highest BCUT2D eigenvalue weighted by molar-refractivity contribution is 7.91. The van der Waals surface area contributed by atoms with Crippen LogP contribution in [0.2, 0.25) is 0 Å². The van der Waals surface area contributed by atoms with E-state index in [1.807, 2.05) is 0 Å². The monoisotopic (exact) mass is 484 g/mol. The van der Waals surface area contributed by atoms with Crippen LogP contribution < -0.4 is 0 Å². The first-order valence-electron chi connectivity index (χ1n) is 10.7. The maximum absolute atomic E-state index is 13.8. The molecule has 0 radical (unpaired) electrons. The number of fused-ring (bicyclic) bond motifs is 1. The third-order valence-corrected chi connectivity index (χ3v) is 7.96. The summed E-state index contributed by atoms with van der Waals surface area (Å²) in [5.74, 6) is -2.08. The summed E-state index contributed by atoms with van der Waals surface area (Å²) in [5, 5.41) is -0.241. The summed E-state index contributed by atoms with van der Waals surface area (Å²) in [6.45, 7) is -0.768. The first-order valence-corrected chi connectivity index (χ1v) is 12.5. The highest BCUT2D eigenvalue weighted by atomic mass is 32.2. The Balaban J connectivity index is 1.55.